The monoisotopic (exact) mass is 285 g/mol. The number of hydrogen-bond donors (Lipinski definition) is 0. The molecule has 0 bridgehead atoms. The van der Waals surface area contributed by atoms with Crippen LogP contribution in [0, 0.1) is 5.92 Å². The van der Waals surface area contributed by atoms with E-state index in [4.69, 9.17) is 4.74 Å². The van der Waals surface area contributed by atoms with Crippen molar-refractivity contribution < 1.29 is 14.3 Å². The number of ether oxygens (including phenoxy) is 1. The number of esters is 1. The Morgan fingerprint density at radius 1 is 1.19 bits per heavy atom. The van der Waals surface area contributed by atoms with Gasteiger partial charge in [0, 0.05) is 5.39 Å². The minimum absolute atomic E-state index is 0.263. The molecule has 0 saturated carbocycles. The first-order chi connectivity index (χ1) is 10.2. The highest BCUT2D eigenvalue weighted by molar-refractivity contribution is 6.08. The molecule has 0 fully saturated rings. The lowest BCUT2D eigenvalue weighted by molar-refractivity contribution is -0.143. The standard InChI is InChI=1S/C17H19NO3/c1-3-4-8-13(17(20)21-2)16(19)15-11-10-12-7-5-6-9-14(12)18-15/h5-7,9-11,13H,3-4,8H2,1-2H3. The van der Waals surface area contributed by atoms with Crippen LogP contribution in [0.3, 0.4) is 0 Å². The van der Waals surface area contributed by atoms with E-state index in [1.165, 1.54) is 7.11 Å². The molecule has 0 N–H and O–H groups in total. The molecule has 1 aromatic carbocycles. The fraction of sp³-hybridized carbons (Fsp3) is 0.353. The average Bonchev–Trinajstić information content (AvgIpc) is 2.54. The highest BCUT2D eigenvalue weighted by atomic mass is 16.5. The number of carbonyl (C=O) groups excluding carboxylic acids is 2. The fourth-order valence-corrected chi connectivity index (χ4v) is 2.29. The second-order valence-electron chi connectivity index (χ2n) is 4.97. The highest BCUT2D eigenvalue weighted by Crippen LogP contribution is 2.18. The summed E-state index contributed by atoms with van der Waals surface area (Å²) in [5.41, 5.74) is 1.07. The van der Waals surface area contributed by atoms with Crippen molar-refractivity contribution in [2.45, 2.75) is 26.2 Å². The van der Waals surface area contributed by atoms with Crippen LogP contribution in [0.15, 0.2) is 36.4 Å². The summed E-state index contributed by atoms with van der Waals surface area (Å²) in [5.74, 6) is -1.51. The van der Waals surface area contributed by atoms with E-state index >= 15 is 0 Å². The first-order valence-corrected chi connectivity index (χ1v) is 7.15. The maximum atomic E-state index is 12.5. The normalized spacial score (nSPS) is 12.1. The summed E-state index contributed by atoms with van der Waals surface area (Å²) in [4.78, 5) is 28.7. The van der Waals surface area contributed by atoms with Gasteiger partial charge >= 0.3 is 5.97 Å². The largest absolute Gasteiger partial charge is 0.468 e. The van der Waals surface area contributed by atoms with E-state index in [0.29, 0.717) is 12.1 Å². The van der Waals surface area contributed by atoms with Crippen LogP contribution in [-0.4, -0.2) is 23.8 Å². The van der Waals surface area contributed by atoms with E-state index in [2.05, 4.69) is 4.98 Å². The topological polar surface area (TPSA) is 56.3 Å². The van der Waals surface area contributed by atoms with Crippen molar-refractivity contribution >= 4 is 22.7 Å². The van der Waals surface area contributed by atoms with E-state index in [1.54, 1.807) is 6.07 Å². The Labute approximate surface area is 124 Å². The molecule has 0 radical (unpaired) electrons. The second kappa shape index (κ2) is 6.97. The Morgan fingerprint density at radius 2 is 1.95 bits per heavy atom. The van der Waals surface area contributed by atoms with Gasteiger partial charge in [-0.05, 0) is 18.6 Å². The lowest BCUT2D eigenvalue weighted by Crippen LogP contribution is -2.26. The molecule has 21 heavy (non-hydrogen) atoms. The Balaban J connectivity index is 2.31. The summed E-state index contributed by atoms with van der Waals surface area (Å²) in [5, 5.41) is 0.970. The van der Waals surface area contributed by atoms with Crippen LogP contribution in [0.2, 0.25) is 0 Å². The Kier molecular flexibility index (Phi) is 5.04. The number of benzene rings is 1. The molecule has 1 unspecified atom stereocenters. The molecular formula is C17H19NO3. The summed E-state index contributed by atoms with van der Waals surface area (Å²) < 4.78 is 4.75. The molecule has 1 atom stereocenters. The third kappa shape index (κ3) is 3.45. The van der Waals surface area contributed by atoms with Gasteiger partial charge in [-0.25, -0.2) is 4.98 Å². The maximum Gasteiger partial charge on any atom is 0.316 e. The van der Waals surface area contributed by atoms with Gasteiger partial charge in [-0.1, -0.05) is 44.0 Å². The molecule has 4 heteroatoms. The lowest BCUT2D eigenvalue weighted by Gasteiger charge is -2.13. The molecule has 110 valence electrons. The molecule has 0 spiro atoms. The van der Waals surface area contributed by atoms with Gasteiger partial charge < -0.3 is 4.74 Å². The predicted molar refractivity (Wildman–Crippen MR) is 81.1 cm³/mol. The summed E-state index contributed by atoms with van der Waals surface area (Å²) >= 11 is 0. The first-order valence-electron chi connectivity index (χ1n) is 7.15. The van der Waals surface area contributed by atoms with Gasteiger partial charge in [0.05, 0.1) is 12.6 Å². The van der Waals surface area contributed by atoms with Crippen molar-refractivity contribution in [2.24, 2.45) is 5.92 Å². The smallest absolute Gasteiger partial charge is 0.316 e. The van der Waals surface area contributed by atoms with Crippen LogP contribution in [0.1, 0.15) is 36.7 Å². The maximum absolute atomic E-state index is 12.5. The molecule has 1 heterocycles. The number of hydrogen-bond acceptors (Lipinski definition) is 4. The molecule has 0 amide bonds. The Hall–Kier alpha value is -2.23. The molecule has 0 aliphatic heterocycles. The zero-order valence-electron chi connectivity index (χ0n) is 12.3. The number of rotatable bonds is 6. The zero-order valence-corrected chi connectivity index (χ0v) is 12.3. The minimum atomic E-state index is -0.761. The average molecular weight is 285 g/mol. The number of ketones is 1. The van der Waals surface area contributed by atoms with Crippen LogP contribution < -0.4 is 0 Å². The number of carbonyl (C=O) groups is 2. The predicted octanol–water partition coefficient (Wildman–Crippen LogP) is 3.40. The van der Waals surface area contributed by atoms with Crippen LogP contribution >= 0.6 is 0 Å². The van der Waals surface area contributed by atoms with Crippen molar-refractivity contribution in [3.63, 3.8) is 0 Å². The van der Waals surface area contributed by atoms with Gasteiger partial charge in [-0.3, -0.25) is 9.59 Å². The Morgan fingerprint density at radius 3 is 2.67 bits per heavy atom. The van der Waals surface area contributed by atoms with Crippen molar-refractivity contribution in [1.82, 2.24) is 4.98 Å². The van der Waals surface area contributed by atoms with E-state index in [9.17, 15) is 9.59 Å². The number of aromatic nitrogens is 1. The quantitative estimate of drug-likeness (QED) is 0.464. The molecule has 4 nitrogen and oxygen atoms in total. The Bertz CT molecular complexity index is 651. The molecule has 0 aliphatic rings. The van der Waals surface area contributed by atoms with Crippen LogP contribution in [0.4, 0.5) is 0 Å². The van der Waals surface area contributed by atoms with Gasteiger partial charge in [0.1, 0.15) is 11.6 Å². The third-order valence-electron chi connectivity index (χ3n) is 3.50. The lowest BCUT2D eigenvalue weighted by atomic mass is 9.95. The summed E-state index contributed by atoms with van der Waals surface area (Å²) in [6, 6.07) is 11.1. The van der Waals surface area contributed by atoms with E-state index in [0.717, 1.165) is 23.7 Å². The number of nitrogens with zero attached hydrogens (tertiary/aromatic N) is 1. The highest BCUT2D eigenvalue weighted by Gasteiger charge is 2.28. The molecule has 2 aromatic rings. The summed E-state index contributed by atoms with van der Waals surface area (Å²) in [6.07, 6.45) is 2.22. The number of pyridine rings is 1. The van der Waals surface area contributed by atoms with E-state index in [-0.39, 0.29) is 5.78 Å². The molecule has 0 saturated heterocycles. The number of Topliss-reactive ketones (excluding diaryl/α,β-unsaturated/α-hetero) is 1. The van der Waals surface area contributed by atoms with Crippen LogP contribution in [0.5, 0.6) is 0 Å². The number of unbranched alkanes of at least 4 members (excludes halogenated alkanes) is 1. The second-order valence-corrected chi connectivity index (χ2v) is 4.97. The summed E-state index contributed by atoms with van der Waals surface area (Å²) in [7, 11) is 1.31. The summed E-state index contributed by atoms with van der Waals surface area (Å²) in [6.45, 7) is 2.02. The molecule has 1 aromatic heterocycles. The van der Waals surface area contributed by atoms with Crippen molar-refractivity contribution in [3.05, 3.63) is 42.1 Å². The molecular weight excluding hydrogens is 266 g/mol. The SMILES string of the molecule is CCCCC(C(=O)OC)C(=O)c1ccc2ccccc2n1. The minimum Gasteiger partial charge on any atom is -0.468 e. The molecule has 2 rings (SSSR count). The third-order valence-corrected chi connectivity index (χ3v) is 3.50. The molecule has 0 aliphatic carbocycles. The van der Waals surface area contributed by atoms with Crippen LogP contribution in [0.25, 0.3) is 10.9 Å². The zero-order chi connectivity index (χ0) is 15.2. The van der Waals surface area contributed by atoms with Gasteiger partial charge in [0.15, 0.2) is 5.78 Å². The van der Waals surface area contributed by atoms with Gasteiger partial charge in [-0.2, -0.15) is 0 Å². The van der Waals surface area contributed by atoms with Gasteiger partial charge in [-0.15, -0.1) is 0 Å². The van der Waals surface area contributed by atoms with Crippen molar-refractivity contribution in [3.8, 4) is 0 Å². The van der Waals surface area contributed by atoms with Gasteiger partial charge in [0.25, 0.3) is 0 Å². The van der Waals surface area contributed by atoms with Crippen LogP contribution in [-0.2, 0) is 9.53 Å². The van der Waals surface area contributed by atoms with Gasteiger partial charge in [0.2, 0.25) is 0 Å². The first kappa shape index (κ1) is 15.2. The number of methoxy groups -OCH3 is 1. The fourth-order valence-electron chi connectivity index (χ4n) is 2.29. The van der Waals surface area contributed by atoms with Crippen molar-refractivity contribution in [2.75, 3.05) is 7.11 Å². The van der Waals surface area contributed by atoms with Crippen molar-refractivity contribution in [1.29, 1.82) is 0 Å². The number of para-hydroxylation sites is 1. The number of fused-ring (bicyclic) bond motifs is 1. The van der Waals surface area contributed by atoms with E-state index in [1.807, 2.05) is 37.3 Å². The van der Waals surface area contributed by atoms with E-state index < -0.39 is 11.9 Å².